The van der Waals surface area contributed by atoms with Crippen molar-refractivity contribution in [1.29, 1.82) is 0 Å². The summed E-state index contributed by atoms with van der Waals surface area (Å²) in [6.45, 7) is 4.22. The number of hydrogen-bond acceptors (Lipinski definition) is 6. The molecule has 3 aliphatic heterocycles. The van der Waals surface area contributed by atoms with Gasteiger partial charge in [0.05, 0.1) is 6.61 Å². The van der Waals surface area contributed by atoms with E-state index in [9.17, 15) is 0 Å². The molecule has 7 atom stereocenters. The van der Waals surface area contributed by atoms with Crippen molar-refractivity contribution < 1.29 is 28.4 Å². The van der Waals surface area contributed by atoms with Crippen LogP contribution in [0.15, 0.2) is 0 Å². The summed E-state index contributed by atoms with van der Waals surface area (Å²) >= 11 is 0. The van der Waals surface area contributed by atoms with Crippen molar-refractivity contribution in [3.05, 3.63) is 0 Å². The Morgan fingerprint density at radius 1 is 0.882 bits per heavy atom. The third-order valence-electron chi connectivity index (χ3n) is 3.37. The van der Waals surface area contributed by atoms with Crippen LogP contribution in [0.4, 0.5) is 0 Å². The molecule has 6 heteroatoms. The Morgan fingerprint density at radius 2 is 1.59 bits per heavy atom. The molecule has 7 unspecified atom stereocenters. The Bertz CT molecular complexity index is 285. The Balaban J connectivity index is 1.80. The van der Waals surface area contributed by atoms with E-state index in [-0.39, 0.29) is 37.0 Å². The molecule has 0 bridgehead atoms. The van der Waals surface area contributed by atoms with Gasteiger partial charge in [0.25, 0.3) is 0 Å². The Labute approximate surface area is 100 Å². The molecule has 6 nitrogen and oxygen atoms in total. The number of ether oxygens (including phenoxy) is 6. The maximum absolute atomic E-state index is 5.77. The van der Waals surface area contributed by atoms with Gasteiger partial charge in [0.15, 0.2) is 18.9 Å². The molecule has 0 aromatic carbocycles. The zero-order valence-corrected chi connectivity index (χ0v) is 10.2. The lowest BCUT2D eigenvalue weighted by Gasteiger charge is -2.45. The average Bonchev–Trinajstić information content (AvgIpc) is 2.70. The summed E-state index contributed by atoms with van der Waals surface area (Å²) < 4.78 is 33.6. The molecule has 0 spiro atoms. The second-order valence-corrected chi connectivity index (χ2v) is 4.55. The van der Waals surface area contributed by atoms with E-state index in [2.05, 4.69) is 0 Å². The van der Waals surface area contributed by atoms with Gasteiger partial charge in [0.1, 0.15) is 24.4 Å². The minimum atomic E-state index is -0.424. The molecule has 3 heterocycles. The number of hydrogen-bond donors (Lipinski definition) is 0. The van der Waals surface area contributed by atoms with Crippen LogP contribution in [0.3, 0.4) is 0 Å². The molecule has 17 heavy (non-hydrogen) atoms. The topological polar surface area (TPSA) is 55.4 Å². The largest absolute Gasteiger partial charge is 0.353 e. The van der Waals surface area contributed by atoms with Gasteiger partial charge in [-0.3, -0.25) is 0 Å². The van der Waals surface area contributed by atoms with E-state index in [4.69, 9.17) is 28.4 Å². The van der Waals surface area contributed by atoms with E-state index in [0.717, 1.165) is 0 Å². The van der Waals surface area contributed by atoms with Crippen LogP contribution < -0.4 is 0 Å². The summed E-state index contributed by atoms with van der Waals surface area (Å²) in [5.74, 6) is 0. The molecule has 0 N–H and O–H groups in total. The van der Waals surface area contributed by atoms with Gasteiger partial charge < -0.3 is 28.4 Å². The molecule has 0 aromatic rings. The number of rotatable bonds is 1. The monoisotopic (exact) mass is 246 g/mol. The fourth-order valence-corrected chi connectivity index (χ4v) is 2.63. The van der Waals surface area contributed by atoms with Gasteiger partial charge in [-0.25, -0.2) is 0 Å². The second-order valence-electron chi connectivity index (χ2n) is 4.55. The molecule has 0 amide bonds. The standard InChI is InChI=1S/C11H18O6/c1-5-13-4-7-8(14-5)9-10(11(12-3)17-7)16-6(2)15-9/h5-11H,4H2,1-3H3. The maximum Gasteiger partial charge on any atom is 0.186 e. The highest BCUT2D eigenvalue weighted by Gasteiger charge is 2.54. The predicted molar refractivity (Wildman–Crippen MR) is 55.2 cm³/mol. The van der Waals surface area contributed by atoms with E-state index in [1.807, 2.05) is 13.8 Å². The van der Waals surface area contributed by atoms with Gasteiger partial charge >= 0.3 is 0 Å². The lowest BCUT2D eigenvalue weighted by Crippen LogP contribution is -2.61. The summed E-state index contributed by atoms with van der Waals surface area (Å²) in [7, 11) is 1.60. The smallest absolute Gasteiger partial charge is 0.186 e. The van der Waals surface area contributed by atoms with E-state index < -0.39 is 6.29 Å². The van der Waals surface area contributed by atoms with Crippen LogP contribution in [-0.2, 0) is 28.4 Å². The second kappa shape index (κ2) is 4.46. The third kappa shape index (κ3) is 1.99. The zero-order chi connectivity index (χ0) is 12.0. The van der Waals surface area contributed by atoms with Gasteiger partial charge in [-0.05, 0) is 13.8 Å². The first-order valence-electron chi connectivity index (χ1n) is 5.95. The molecule has 0 radical (unpaired) electrons. The molecule has 3 rings (SSSR count). The third-order valence-corrected chi connectivity index (χ3v) is 3.37. The van der Waals surface area contributed by atoms with Gasteiger partial charge in [0.2, 0.25) is 0 Å². The summed E-state index contributed by atoms with van der Waals surface area (Å²) in [5.41, 5.74) is 0. The number of fused-ring (bicyclic) bond motifs is 3. The van der Waals surface area contributed by atoms with Gasteiger partial charge in [0, 0.05) is 7.11 Å². The molecular formula is C11H18O6. The Morgan fingerprint density at radius 3 is 2.35 bits per heavy atom. The lowest BCUT2D eigenvalue weighted by atomic mass is 9.98. The minimum absolute atomic E-state index is 0.153. The first-order valence-corrected chi connectivity index (χ1v) is 5.95. The van der Waals surface area contributed by atoms with E-state index in [0.29, 0.717) is 6.61 Å². The highest BCUT2D eigenvalue weighted by molar-refractivity contribution is 4.96. The van der Waals surface area contributed by atoms with Gasteiger partial charge in [-0.15, -0.1) is 0 Å². The summed E-state index contributed by atoms with van der Waals surface area (Å²) in [5, 5.41) is 0. The maximum atomic E-state index is 5.77. The van der Waals surface area contributed by atoms with Crippen LogP contribution in [-0.4, -0.2) is 57.0 Å². The van der Waals surface area contributed by atoms with Gasteiger partial charge in [-0.2, -0.15) is 0 Å². The fourth-order valence-electron chi connectivity index (χ4n) is 2.63. The van der Waals surface area contributed by atoms with Crippen LogP contribution in [0.5, 0.6) is 0 Å². The highest BCUT2D eigenvalue weighted by atomic mass is 16.8. The molecule has 3 aliphatic rings. The van der Waals surface area contributed by atoms with Crippen LogP contribution in [0.25, 0.3) is 0 Å². The van der Waals surface area contributed by atoms with E-state index in [1.165, 1.54) is 0 Å². The molecular weight excluding hydrogens is 228 g/mol. The Kier molecular flexibility index (Phi) is 3.10. The number of methoxy groups -OCH3 is 1. The highest BCUT2D eigenvalue weighted by Crippen LogP contribution is 2.36. The molecule has 0 aliphatic carbocycles. The summed E-state index contributed by atoms with van der Waals surface area (Å²) in [6, 6.07) is 0. The minimum Gasteiger partial charge on any atom is -0.353 e. The van der Waals surface area contributed by atoms with Crippen LogP contribution >= 0.6 is 0 Å². The lowest BCUT2D eigenvalue weighted by molar-refractivity contribution is -0.337. The van der Waals surface area contributed by atoms with Crippen LogP contribution in [0.1, 0.15) is 13.8 Å². The predicted octanol–water partition coefficient (Wildman–Crippen LogP) is 0.249. The molecule has 98 valence electrons. The summed E-state index contributed by atoms with van der Waals surface area (Å²) in [4.78, 5) is 0. The molecule has 3 saturated heterocycles. The van der Waals surface area contributed by atoms with E-state index in [1.54, 1.807) is 7.11 Å². The van der Waals surface area contributed by atoms with Crippen molar-refractivity contribution in [3.8, 4) is 0 Å². The van der Waals surface area contributed by atoms with Crippen molar-refractivity contribution in [2.24, 2.45) is 0 Å². The van der Waals surface area contributed by atoms with Crippen molar-refractivity contribution >= 4 is 0 Å². The first-order chi connectivity index (χ1) is 8.19. The normalized spacial score (nSPS) is 54.2. The van der Waals surface area contributed by atoms with Crippen molar-refractivity contribution in [1.82, 2.24) is 0 Å². The zero-order valence-electron chi connectivity index (χ0n) is 10.2. The van der Waals surface area contributed by atoms with E-state index >= 15 is 0 Å². The molecule has 0 aromatic heterocycles. The van der Waals surface area contributed by atoms with Crippen LogP contribution in [0.2, 0.25) is 0 Å². The average molecular weight is 246 g/mol. The SMILES string of the molecule is COC1OC2COC(C)OC2C2OC(C)OC12. The van der Waals surface area contributed by atoms with Crippen LogP contribution in [0, 0.1) is 0 Å². The Hall–Kier alpha value is -0.240. The molecule has 3 fully saturated rings. The quantitative estimate of drug-likeness (QED) is 0.661. The van der Waals surface area contributed by atoms with Crippen molar-refractivity contribution in [3.63, 3.8) is 0 Å². The first kappa shape index (κ1) is 11.8. The van der Waals surface area contributed by atoms with Gasteiger partial charge in [-0.1, -0.05) is 0 Å². The van der Waals surface area contributed by atoms with Crippen molar-refractivity contribution in [2.45, 2.75) is 57.1 Å². The summed E-state index contributed by atoms with van der Waals surface area (Å²) in [6.07, 6.45) is -1.62. The fraction of sp³-hybridized carbons (Fsp3) is 1.00. The molecule has 0 saturated carbocycles. The van der Waals surface area contributed by atoms with Crippen molar-refractivity contribution in [2.75, 3.05) is 13.7 Å².